The first-order chi connectivity index (χ1) is 8.97. The maximum atomic E-state index is 11.9. The molecule has 1 atom stereocenters. The molecule has 0 spiro atoms. The van der Waals surface area contributed by atoms with Crippen LogP contribution in [-0.2, 0) is 10.5 Å². The van der Waals surface area contributed by atoms with E-state index in [-0.39, 0.29) is 5.56 Å². The number of hydrogen-bond donors (Lipinski definition) is 1. The lowest BCUT2D eigenvalue weighted by atomic mass is 10.4. The summed E-state index contributed by atoms with van der Waals surface area (Å²) >= 11 is 7.03. The van der Waals surface area contributed by atoms with Crippen LogP contribution in [0.2, 0.25) is 5.02 Å². The molecule has 100 valence electrons. The smallest absolute Gasteiger partial charge is 0.316 e. The van der Waals surface area contributed by atoms with Gasteiger partial charge in [-0.3, -0.25) is 14.0 Å². The van der Waals surface area contributed by atoms with Crippen LogP contribution in [0.5, 0.6) is 0 Å². The van der Waals surface area contributed by atoms with E-state index in [9.17, 15) is 9.59 Å². The number of carboxylic acid groups (broad SMARTS) is 1. The summed E-state index contributed by atoms with van der Waals surface area (Å²) in [5.74, 6) is -0.503. The van der Waals surface area contributed by atoms with Gasteiger partial charge in [0.25, 0.3) is 5.56 Å². The second kappa shape index (κ2) is 5.63. The Hall–Kier alpha value is -1.53. The Labute approximate surface area is 118 Å². The molecule has 0 aliphatic heterocycles. The van der Waals surface area contributed by atoms with Crippen molar-refractivity contribution in [1.82, 2.24) is 9.38 Å². The molecule has 0 bridgehead atoms. The summed E-state index contributed by atoms with van der Waals surface area (Å²) in [6.07, 6.45) is 1.50. The molecule has 0 saturated heterocycles. The molecule has 7 heteroatoms. The van der Waals surface area contributed by atoms with E-state index in [1.54, 1.807) is 19.1 Å². The van der Waals surface area contributed by atoms with Crippen molar-refractivity contribution in [2.24, 2.45) is 0 Å². The highest BCUT2D eigenvalue weighted by Crippen LogP contribution is 2.16. The molecule has 0 fully saturated rings. The lowest BCUT2D eigenvalue weighted by Crippen LogP contribution is -2.16. The lowest BCUT2D eigenvalue weighted by molar-refractivity contribution is -0.136. The molecule has 0 amide bonds. The number of carbonyl (C=O) groups is 1. The van der Waals surface area contributed by atoms with Gasteiger partial charge in [0.15, 0.2) is 0 Å². The highest BCUT2D eigenvalue weighted by Gasteiger charge is 2.12. The quantitative estimate of drug-likeness (QED) is 0.935. The Morgan fingerprint density at radius 2 is 2.32 bits per heavy atom. The predicted octanol–water partition coefficient (Wildman–Crippen LogP) is 2.05. The molecule has 2 heterocycles. The van der Waals surface area contributed by atoms with Gasteiger partial charge in [-0.25, -0.2) is 4.98 Å². The number of nitrogens with zero attached hydrogens (tertiary/aromatic N) is 2. The number of aromatic nitrogens is 2. The van der Waals surface area contributed by atoms with Gasteiger partial charge >= 0.3 is 5.97 Å². The Bertz CT molecular complexity index is 686. The number of rotatable bonds is 4. The first kappa shape index (κ1) is 13.9. The van der Waals surface area contributed by atoms with E-state index >= 15 is 0 Å². The summed E-state index contributed by atoms with van der Waals surface area (Å²) in [4.78, 5) is 26.9. The van der Waals surface area contributed by atoms with Crippen LogP contribution in [0.1, 0.15) is 12.6 Å². The van der Waals surface area contributed by atoms with E-state index in [0.717, 1.165) is 0 Å². The third-order valence-electron chi connectivity index (χ3n) is 2.51. The van der Waals surface area contributed by atoms with Crippen molar-refractivity contribution in [2.45, 2.75) is 17.9 Å². The third kappa shape index (κ3) is 3.27. The van der Waals surface area contributed by atoms with Crippen LogP contribution in [0.4, 0.5) is 0 Å². The molecule has 0 saturated carbocycles. The second-order valence-corrected chi connectivity index (χ2v) is 5.72. The summed E-state index contributed by atoms with van der Waals surface area (Å²) in [5, 5.41) is 8.72. The van der Waals surface area contributed by atoms with Gasteiger partial charge in [0.1, 0.15) is 5.65 Å². The Morgan fingerprint density at radius 3 is 3.00 bits per heavy atom. The molecule has 2 rings (SSSR count). The number of aliphatic carboxylic acids is 1. The van der Waals surface area contributed by atoms with Crippen LogP contribution in [0.25, 0.3) is 5.65 Å². The topological polar surface area (TPSA) is 71.7 Å². The van der Waals surface area contributed by atoms with Crippen molar-refractivity contribution >= 4 is 35.0 Å². The summed E-state index contributed by atoms with van der Waals surface area (Å²) in [6, 6.07) is 4.70. The predicted molar refractivity (Wildman–Crippen MR) is 74.9 cm³/mol. The van der Waals surface area contributed by atoms with Crippen molar-refractivity contribution in [3.05, 3.63) is 45.5 Å². The molecular weight excluding hydrogens is 288 g/mol. The monoisotopic (exact) mass is 298 g/mol. The van der Waals surface area contributed by atoms with Crippen LogP contribution in [0, 0.1) is 0 Å². The van der Waals surface area contributed by atoms with Crippen molar-refractivity contribution in [3.63, 3.8) is 0 Å². The minimum absolute atomic E-state index is 0.230. The van der Waals surface area contributed by atoms with Crippen LogP contribution in [-0.4, -0.2) is 25.7 Å². The van der Waals surface area contributed by atoms with Crippen LogP contribution in [0.15, 0.2) is 29.2 Å². The SMILES string of the molecule is CC(SCc1cc(=O)n2cc(Cl)ccc2n1)C(=O)O. The third-order valence-corrected chi connectivity index (χ3v) is 3.89. The van der Waals surface area contributed by atoms with E-state index in [4.69, 9.17) is 16.7 Å². The van der Waals surface area contributed by atoms with E-state index in [1.165, 1.54) is 28.4 Å². The van der Waals surface area contributed by atoms with Gasteiger partial charge in [-0.1, -0.05) is 11.6 Å². The molecule has 5 nitrogen and oxygen atoms in total. The maximum Gasteiger partial charge on any atom is 0.316 e. The number of pyridine rings is 1. The number of hydrogen-bond acceptors (Lipinski definition) is 4. The highest BCUT2D eigenvalue weighted by atomic mass is 35.5. The second-order valence-electron chi connectivity index (χ2n) is 3.95. The number of thioether (sulfide) groups is 1. The largest absolute Gasteiger partial charge is 0.480 e. The summed E-state index contributed by atoms with van der Waals surface area (Å²) < 4.78 is 1.36. The van der Waals surface area contributed by atoms with E-state index in [2.05, 4.69) is 4.98 Å². The zero-order chi connectivity index (χ0) is 14.0. The molecule has 0 aliphatic carbocycles. The average Bonchev–Trinajstić information content (AvgIpc) is 2.36. The normalized spacial score (nSPS) is 12.5. The van der Waals surface area contributed by atoms with Crippen molar-refractivity contribution < 1.29 is 9.90 Å². The Morgan fingerprint density at radius 1 is 1.58 bits per heavy atom. The molecule has 2 aromatic rings. The number of fused-ring (bicyclic) bond motifs is 1. The molecule has 0 radical (unpaired) electrons. The molecular formula is C12H11ClN2O3S. The Balaban J connectivity index is 2.29. The van der Waals surface area contributed by atoms with Gasteiger partial charge in [0.05, 0.1) is 16.0 Å². The molecule has 2 aromatic heterocycles. The Kier molecular flexibility index (Phi) is 4.11. The number of halogens is 1. The van der Waals surface area contributed by atoms with Crippen molar-refractivity contribution in [2.75, 3.05) is 0 Å². The molecule has 0 aliphatic rings. The summed E-state index contributed by atoms with van der Waals surface area (Å²) in [6.45, 7) is 1.60. The van der Waals surface area contributed by atoms with Gasteiger partial charge in [-0.05, 0) is 19.1 Å². The van der Waals surface area contributed by atoms with Crippen molar-refractivity contribution in [1.29, 1.82) is 0 Å². The molecule has 1 unspecified atom stereocenters. The van der Waals surface area contributed by atoms with Crippen LogP contribution in [0.3, 0.4) is 0 Å². The van der Waals surface area contributed by atoms with Crippen LogP contribution >= 0.6 is 23.4 Å². The fourth-order valence-electron chi connectivity index (χ4n) is 1.48. The standard InChI is InChI=1S/C12H11ClN2O3S/c1-7(12(17)18)19-6-9-4-11(16)15-5-8(13)2-3-10(15)14-9/h2-5,7H,6H2,1H3,(H,17,18). The molecule has 0 aromatic carbocycles. The first-order valence-corrected chi connectivity index (χ1v) is 6.92. The van der Waals surface area contributed by atoms with Gasteiger partial charge < -0.3 is 5.11 Å². The zero-order valence-electron chi connectivity index (χ0n) is 10.0. The van der Waals surface area contributed by atoms with Gasteiger partial charge in [-0.2, -0.15) is 0 Å². The van der Waals surface area contributed by atoms with Gasteiger partial charge in [-0.15, -0.1) is 11.8 Å². The summed E-state index contributed by atoms with van der Waals surface area (Å²) in [7, 11) is 0. The van der Waals surface area contributed by atoms with E-state index in [0.29, 0.717) is 22.1 Å². The fraction of sp³-hybridized carbons (Fsp3) is 0.250. The van der Waals surface area contributed by atoms with Crippen molar-refractivity contribution in [3.8, 4) is 0 Å². The minimum atomic E-state index is -0.880. The lowest BCUT2D eigenvalue weighted by Gasteiger charge is -2.06. The molecule has 19 heavy (non-hydrogen) atoms. The minimum Gasteiger partial charge on any atom is -0.480 e. The first-order valence-electron chi connectivity index (χ1n) is 5.49. The van der Waals surface area contributed by atoms with Gasteiger partial charge in [0.2, 0.25) is 0 Å². The van der Waals surface area contributed by atoms with E-state index < -0.39 is 11.2 Å². The van der Waals surface area contributed by atoms with E-state index in [1.807, 2.05) is 0 Å². The molecule has 1 N–H and O–H groups in total. The fourth-order valence-corrected chi connectivity index (χ4v) is 2.35. The van der Waals surface area contributed by atoms with Crippen LogP contribution < -0.4 is 5.56 Å². The number of carboxylic acids is 1. The zero-order valence-corrected chi connectivity index (χ0v) is 11.6. The average molecular weight is 299 g/mol. The highest BCUT2D eigenvalue weighted by molar-refractivity contribution is 7.99. The summed E-state index contributed by atoms with van der Waals surface area (Å²) in [5.41, 5.74) is 0.826. The maximum absolute atomic E-state index is 11.9. The van der Waals surface area contributed by atoms with Gasteiger partial charge in [0, 0.05) is 18.0 Å².